The van der Waals surface area contributed by atoms with Crippen molar-refractivity contribution < 1.29 is 47.3 Å². The molecule has 0 aliphatic carbocycles. The number of para-hydroxylation sites is 1. The van der Waals surface area contributed by atoms with Crippen LogP contribution in [-0.2, 0) is 32.0 Å². The van der Waals surface area contributed by atoms with Crippen molar-refractivity contribution in [3.8, 4) is 5.75 Å². The molecule has 254 valence electrons. The quantitative estimate of drug-likeness (QED) is 0.166. The Kier molecular flexibility index (Phi) is 15.4. The average Bonchev–Trinajstić information content (AvgIpc) is 2.98. The Hall–Kier alpha value is -4.91. The third kappa shape index (κ3) is 15.8. The van der Waals surface area contributed by atoms with Gasteiger partial charge < -0.3 is 30.9 Å². The number of aliphatic hydroxyl groups excluding tert-OH is 1. The fourth-order valence-electron chi connectivity index (χ4n) is 4.42. The molecule has 3 atom stereocenters. The van der Waals surface area contributed by atoms with Crippen molar-refractivity contribution in [2.45, 2.75) is 71.0 Å². The highest BCUT2D eigenvalue weighted by molar-refractivity contribution is 5.89. The molecule has 3 aromatic carbocycles. The van der Waals surface area contributed by atoms with Crippen molar-refractivity contribution in [1.82, 2.24) is 10.6 Å². The molecular weight excluding hydrogens is 619 g/mol. The lowest BCUT2D eigenvalue weighted by molar-refractivity contribution is -0.274. The van der Waals surface area contributed by atoms with Crippen molar-refractivity contribution in [1.29, 1.82) is 0 Å². The van der Waals surface area contributed by atoms with Crippen LogP contribution in [0.5, 0.6) is 5.75 Å². The van der Waals surface area contributed by atoms with Crippen LogP contribution in [0.3, 0.4) is 0 Å². The zero-order chi connectivity index (χ0) is 35.0. The summed E-state index contributed by atoms with van der Waals surface area (Å²) in [5, 5.41) is 27.6. The lowest BCUT2D eigenvalue weighted by Gasteiger charge is -2.28. The highest BCUT2D eigenvalue weighted by Gasteiger charge is 2.32. The highest BCUT2D eigenvalue weighted by Crippen LogP contribution is 2.23. The van der Waals surface area contributed by atoms with E-state index in [0.29, 0.717) is 0 Å². The van der Waals surface area contributed by atoms with E-state index in [4.69, 9.17) is 5.11 Å². The maximum atomic E-state index is 13.1. The lowest BCUT2D eigenvalue weighted by atomic mass is 9.96. The largest absolute Gasteiger partial charge is 0.573 e. The number of ether oxygens (including phenoxy) is 1. The second kappa shape index (κ2) is 18.9. The molecule has 0 radical (unpaired) electrons. The van der Waals surface area contributed by atoms with Gasteiger partial charge in [-0.05, 0) is 54.2 Å². The second-order valence-corrected chi connectivity index (χ2v) is 11.0. The van der Waals surface area contributed by atoms with Gasteiger partial charge in [0.05, 0.1) is 18.6 Å². The minimum Gasteiger partial charge on any atom is -0.481 e. The van der Waals surface area contributed by atoms with Gasteiger partial charge >= 0.3 is 12.3 Å². The van der Waals surface area contributed by atoms with Crippen LogP contribution in [0.4, 0.5) is 18.9 Å². The first-order chi connectivity index (χ1) is 22.1. The van der Waals surface area contributed by atoms with E-state index in [9.17, 15) is 37.5 Å². The summed E-state index contributed by atoms with van der Waals surface area (Å²) < 4.78 is 41.3. The molecule has 5 N–H and O–H groups in total. The number of carbonyl (C=O) groups excluding carboxylic acids is 3. The summed E-state index contributed by atoms with van der Waals surface area (Å²) in [5.74, 6) is -3.11. The number of hydrogen-bond acceptors (Lipinski definition) is 6. The Labute approximate surface area is 271 Å². The summed E-state index contributed by atoms with van der Waals surface area (Å²) in [6, 6.07) is 21.5. The van der Waals surface area contributed by atoms with Crippen molar-refractivity contribution in [3.05, 3.63) is 96.1 Å². The number of carbonyl (C=O) groups is 4. The first-order valence-corrected chi connectivity index (χ1v) is 14.8. The van der Waals surface area contributed by atoms with Gasteiger partial charge in [-0.1, -0.05) is 74.5 Å². The Bertz CT molecular complexity index is 1440. The molecule has 0 spiro atoms. The summed E-state index contributed by atoms with van der Waals surface area (Å²) >= 11 is 0. The van der Waals surface area contributed by atoms with Crippen molar-refractivity contribution >= 4 is 29.4 Å². The minimum atomic E-state index is -4.87. The predicted molar refractivity (Wildman–Crippen MR) is 169 cm³/mol. The van der Waals surface area contributed by atoms with E-state index in [1.165, 1.54) is 19.1 Å². The van der Waals surface area contributed by atoms with Gasteiger partial charge in [-0.15, -0.1) is 13.2 Å². The summed E-state index contributed by atoms with van der Waals surface area (Å²) in [4.78, 5) is 47.2. The Morgan fingerprint density at radius 1 is 0.851 bits per heavy atom. The van der Waals surface area contributed by atoms with Gasteiger partial charge in [0.1, 0.15) is 11.8 Å². The number of benzene rings is 3. The van der Waals surface area contributed by atoms with Crippen LogP contribution < -0.4 is 20.7 Å². The molecule has 13 heteroatoms. The molecule has 0 heterocycles. The number of halogens is 3. The smallest absolute Gasteiger partial charge is 0.481 e. The number of aliphatic hydroxyl groups is 1. The number of amides is 3. The van der Waals surface area contributed by atoms with Crippen LogP contribution in [0.25, 0.3) is 0 Å². The molecule has 0 aliphatic rings. The Morgan fingerprint density at radius 2 is 1.45 bits per heavy atom. The highest BCUT2D eigenvalue weighted by atomic mass is 19.4. The van der Waals surface area contributed by atoms with Crippen molar-refractivity contribution in [2.24, 2.45) is 5.92 Å². The van der Waals surface area contributed by atoms with E-state index in [1.54, 1.807) is 38.1 Å². The normalized spacial score (nSPS) is 12.9. The molecule has 0 aliphatic heterocycles. The number of carboxylic acid groups (broad SMARTS) is 1. The van der Waals surface area contributed by atoms with Crippen LogP contribution in [0, 0.1) is 5.92 Å². The van der Waals surface area contributed by atoms with Gasteiger partial charge in [-0.3, -0.25) is 19.2 Å². The molecule has 0 saturated heterocycles. The zero-order valence-electron chi connectivity index (χ0n) is 26.3. The van der Waals surface area contributed by atoms with Gasteiger partial charge in [0.15, 0.2) is 0 Å². The van der Waals surface area contributed by atoms with Crippen molar-refractivity contribution in [3.63, 3.8) is 0 Å². The molecule has 10 nitrogen and oxygen atoms in total. The van der Waals surface area contributed by atoms with Gasteiger partial charge in [-0.25, -0.2) is 0 Å². The predicted octanol–water partition coefficient (Wildman–Crippen LogP) is 4.87. The maximum Gasteiger partial charge on any atom is 0.573 e. The molecule has 3 unspecified atom stereocenters. The van der Waals surface area contributed by atoms with E-state index >= 15 is 0 Å². The monoisotopic (exact) mass is 659 g/mol. The first kappa shape index (κ1) is 38.3. The van der Waals surface area contributed by atoms with Crippen LogP contribution in [0.1, 0.15) is 44.7 Å². The standard InChI is InChI=1S/C26H31F3N2O6.C8H9NO/c1-16(2)24(31-22(33)15-18-9-6-10-19(13-18)37-26(27,28)29)25(36)30-20(21(32)11-12-23(34)35)14-17-7-4-3-5-8-17;1-7(10)9-8-5-3-2-4-6-8/h3-10,13,16,20-21,24,32H,11-12,14-15H2,1-2H3,(H,30,36)(H,31,33)(H,34,35);2-6H,1H3,(H,9,10). The molecule has 0 saturated carbocycles. The number of alkyl halides is 3. The SMILES string of the molecule is CC(=O)Nc1ccccc1.CC(C)C(NC(=O)Cc1cccc(OC(F)(F)F)c1)C(=O)NC(Cc1ccccc1)C(O)CCC(=O)O. The maximum absolute atomic E-state index is 13.1. The summed E-state index contributed by atoms with van der Waals surface area (Å²) in [7, 11) is 0. The molecule has 0 fully saturated rings. The Morgan fingerprint density at radius 3 is 2.00 bits per heavy atom. The van der Waals surface area contributed by atoms with Crippen molar-refractivity contribution in [2.75, 3.05) is 5.32 Å². The van der Waals surface area contributed by atoms with Gasteiger partial charge in [-0.2, -0.15) is 0 Å². The molecule has 3 rings (SSSR count). The van der Waals surface area contributed by atoms with Crippen LogP contribution in [0.2, 0.25) is 0 Å². The number of nitrogens with one attached hydrogen (secondary N) is 3. The third-order valence-corrected chi connectivity index (χ3v) is 6.60. The van der Waals surface area contributed by atoms with E-state index in [1.807, 2.05) is 36.4 Å². The first-order valence-electron chi connectivity index (χ1n) is 14.8. The van der Waals surface area contributed by atoms with Gasteiger partial charge in [0.2, 0.25) is 17.7 Å². The molecule has 0 aromatic heterocycles. The number of rotatable bonds is 14. The van der Waals surface area contributed by atoms with Gasteiger partial charge in [0.25, 0.3) is 0 Å². The van der Waals surface area contributed by atoms with Gasteiger partial charge in [0, 0.05) is 19.0 Å². The minimum absolute atomic E-state index is 0.0359. The van der Waals surface area contributed by atoms with E-state index in [0.717, 1.165) is 23.4 Å². The zero-order valence-corrected chi connectivity index (χ0v) is 26.3. The van der Waals surface area contributed by atoms with E-state index in [2.05, 4.69) is 20.7 Å². The molecule has 3 aromatic rings. The topological polar surface area (TPSA) is 154 Å². The molecule has 47 heavy (non-hydrogen) atoms. The number of anilines is 1. The summed E-state index contributed by atoms with van der Waals surface area (Å²) in [5.41, 5.74) is 1.91. The summed E-state index contributed by atoms with van der Waals surface area (Å²) in [6.07, 6.45) is -6.45. The summed E-state index contributed by atoms with van der Waals surface area (Å²) in [6.45, 7) is 4.90. The molecule has 3 amide bonds. The Balaban J connectivity index is 0.000000651. The average molecular weight is 660 g/mol. The van der Waals surface area contributed by atoms with Crippen LogP contribution in [0.15, 0.2) is 84.9 Å². The fourth-order valence-corrected chi connectivity index (χ4v) is 4.42. The molecule has 0 bridgehead atoms. The number of carboxylic acids is 1. The third-order valence-electron chi connectivity index (χ3n) is 6.60. The number of hydrogen-bond donors (Lipinski definition) is 5. The van der Waals surface area contributed by atoms with E-state index in [-0.39, 0.29) is 43.1 Å². The molecular formula is C34H40F3N3O7. The van der Waals surface area contributed by atoms with Crippen LogP contribution in [-0.4, -0.2) is 58.5 Å². The van der Waals surface area contributed by atoms with E-state index < -0.39 is 48.1 Å². The van der Waals surface area contributed by atoms with Crippen LogP contribution >= 0.6 is 0 Å². The second-order valence-electron chi connectivity index (χ2n) is 11.0. The fraction of sp³-hybridized carbons (Fsp3) is 0.353. The lowest BCUT2D eigenvalue weighted by Crippen LogP contribution is -2.55. The number of aliphatic carboxylic acids is 1.